The number of carbonyl (C=O) groups excluding carboxylic acids is 1. The maximum absolute atomic E-state index is 12.3. The van der Waals surface area contributed by atoms with Crippen LogP contribution in [-0.2, 0) is 17.8 Å². The summed E-state index contributed by atoms with van der Waals surface area (Å²) in [4.78, 5) is 11.8. The van der Waals surface area contributed by atoms with Crippen LogP contribution in [0.1, 0.15) is 11.1 Å². The molecule has 0 unspecified atom stereocenters. The van der Waals surface area contributed by atoms with Gasteiger partial charge in [-0.3, -0.25) is 4.79 Å². The molecule has 1 amide bonds. The zero-order valence-electron chi connectivity index (χ0n) is 8.79. The molecule has 1 heterocycles. The standard InChI is InChI=1S/C11H10F3NO2/c12-11(13,14)10(17)15-5-4-7-2-1-3-9(16)8(7)6-15/h1-3,16H,4-6H2. The number of phenols is 1. The highest BCUT2D eigenvalue weighted by atomic mass is 19.4. The van der Waals surface area contributed by atoms with Crippen molar-refractivity contribution < 1.29 is 23.1 Å². The Hall–Kier alpha value is -1.72. The molecule has 0 radical (unpaired) electrons. The van der Waals surface area contributed by atoms with E-state index < -0.39 is 12.1 Å². The Bertz CT molecular complexity index is 457. The molecule has 0 fully saturated rings. The average Bonchev–Trinajstić information content (AvgIpc) is 2.27. The number of nitrogens with zero attached hydrogens (tertiary/aromatic N) is 1. The molecular weight excluding hydrogens is 235 g/mol. The van der Waals surface area contributed by atoms with Crippen LogP contribution in [0.4, 0.5) is 13.2 Å². The van der Waals surface area contributed by atoms with E-state index in [2.05, 4.69) is 0 Å². The van der Waals surface area contributed by atoms with Crippen molar-refractivity contribution in [3.8, 4) is 5.75 Å². The maximum Gasteiger partial charge on any atom is 0.471 e. The summed E-state index contributed by atoms with van der Waals surface area (Å²) in [7, 11) is 0. The van der Waals surface area contributed by atoms with E-state index in [1.165, 1.54) is 6.07 Å². The van der Waals surface area contributed by atoms with Gasteiger partial charge in [-0.05, 0) is 18.1 Å². The number of fused-ring (bicyclic) bond motifs is 1. The summed E-state index contributed by atoms with van der Waals surface area (Å²) in [5.41, 5.74) is 1.19. The fourth-order valence-electron chi connectivity index (χ4n) is 1.92. The normalized spacial score (nSPS) is 15.6. The van der Waals surface area contributed by atoms with Crippen LogP contribution in [0.3, 0.4) is 0 Å². The topological polar surface area (TPSA) is 40.5 Å². The third kappa shape index (κ3) is 2.20. The Balaban J connectivity index is 2.25. The van der Waals surface area contributed by atoms with Gasteiger partial charge in [-0.2, -0.15) is 13.2 Å². The third-order valence-electron chi connectivity index (χ3n) is 2.78. The zero-order valence-corrected chi connectivity index (χ0v) is 8.79. The van der Waals surface area contributed by atoms with Crippen molar-refractivity contribution in [1.82, 2.24) is 4.90 Å². The number of rotatable bonds is 0. The van der Waals surface area contributed by atoms with Crippen LogP contribution in [0, 0.1) is 0 Å². The molecule has 17 heavy (non-hydrogen) atoms. The molecule has 6 heteroatoms. The van der Waals surface area contributed by atoms with E-state index in [0.29, 0.717) is 16.9 Å². The molecule has 92 valence electrons. The van der Waals surface area contributed by atoms with Crippen LogP contribution in [0.15, 0.2) is 18.2 Å². The smallest absolute Gasteiger partial charge is 0.471 e. The molecule has 0 spiro atoms. The van der Waals surface area contributed by atoms with Gasteiger partial charge < -0.3 is 10.0 Å². The molecule has 0 aromatic heterocycles. The van der Waals surface area contributed by atoms with Gasteiger partial charge in [0, 0.05) is 18.7 Å². The Morgan fingerprint density at radius 2 is 2.06 bits per heavy atom. The van der Waals surface area contributed by atoms with Crippen LogP contribution >= 0.6 is 0 Å². The van der Waals surface area contributed by atoms with Gasteiger partial charge in [0.15, 0.2) is 0 Å². The van der Waals surface area contributed by atoms with Gasteiger partial charge in [0.2, 0.25) is 0 Å². The van der Waals surface area contributed by atoms with Gasteiger partial charge in [-0.1, -0.05) is 12.1 Å². The molecule has 0 saturated heterocycles. The molecule has 3 nitrogen and oxygen atoms in total. The summed E-state index contributed by atoms with van der Waals surface area (Å²) in [6.45, 7) is -0.171. The summed E-state index contributed by atoms with van der Waals surface area (Å²) in [6, 6.07) is 4.78. The number of aromatic hydroxyl groups is 1. The lowest BCUT2D eigenvalue weighted by Gasteiger charge is -2.29. The number of hydrogen-bond acceptors (Lipinski definition) is 2. The quantitative estimate of drug-likeness (QED) is 0.757. The van der Waals surface area contributed by atoms with Gasteiger partial charge in [0.25, 0.3) is 0 Å². The van der Waals surface area contributed by atoms with E-state index in [9.17, 15) is 23.1 Å². The van der Waals surface area contributed by atoms with Crippen molar-refractivity contribution in [3.05, 3.63) is 29.3 Å². The van der Waals surface area contributed by atoms with Crippen LogP contribution in [0.2, 0.25) is 0 Å². The van der Waals surface area contributed by atoms with Gasteiger partial charge in [0.1, 0.15) is 5.75 Å². The fraction of sp³-hybridized carbons (Fsp3) is 0.364. The van der Waals surface area contributed by atoms with E-state index in [1.54, 1.807) is 12.1 Å². The average molecular weight is 245 g/mol. The predicted molar refractivity (Wildman–Crippen MR) is 53.3 cm³/mol. The fourth-order valence-corrected chi connectivity index (χ4v) is 1.92. The van der Waals surface area contributed by atoms with Gasteiger partial charge in [0.05, 0.1) is 0 Å². The number of carbonyl (C=O) groups is 1. The van der Waals surface area contributed by atoms with E-state index in [-0.39, 0.29) is 18.8 Å². The van der Waals surface area contributed by atoms with Crippen molar-refractivity contribution in [2.24, 2.45) is 0 Å². The lowest BCUT2D eigenvalue weighted by molar-refractivity contribution is -0.186. The first-order valence-electron chi connectivity index (χ1n) is 5.05. The van der Waals surface area contributed by atoms with Crippen molar-refractivity contribution in [1.29, 1.82) is 0 Å². The molecule has 1 aliphatic heterocycles. The van der Waals surface area contributed by atoms with Crippen LogP contribution in [-0.4, -0.2) is 28.6 Å². The second-order valence-electron chi connectivity index (χ2n) is 3.89. The molecular formula is C11H10F3NO2. The van der Waals surface area contributed by atoms with E-state index >= 15 is 0 Å². The largest absolute Gasteiger partial charge is 0.508 e. The Morgan fingerprint density at radius 3 is 2.71 bits per heavy atom. The number of alkyl halides is 3. The third-order valence-corrected chi connectivity index (χ3v) is 2.78. The molecule has 2 rings (SSSR count). The molecule has 0 atom stereocenters. The maximum atomic E-state index is 12.3. The highest BCUT2D eigenvalue weighted by molar-refractivity contribution is 5.82. The Labute approximate surface area is 95.5 Å². The summed E-state index contributed by atoms with van der Waals surface area (Å²) >= 11 is 0. The van der Waals surface area contributed by atoms with Gasteiger partial charge >= 0.3 is 12.1 Å². The monoisotopic (exact) mass is 245 g/mol. The molecule has 0 saturated carbocycles. The summed E-state index contributed by atoms with van der Waals surface area (Å²) in [5.74, 6) is -1.92. The van der Waals surface area contributed by atoms with Gasteiger partial charge in [-0.25, -0.2) is 0 Å². The molecule has 1 aromatic rings. The lowest BCUT2D eigenvalue weighted by Crippen LogP contribution is -2.43. The predicted octanol–water partition coefficient (Wildman–Crippen LogP) is 1.84. The van der Waals surface area contributed by atoms with Gasteiger partial charge in [-0.15, -0.1) is 0 Å². The minimum absolute atomic E-state index is 0.0226. The minimum Gasteiger partial charge on any atom is -0.508 e. The second kappa shape index (κ2) is 3.94. The van der Waals surface area contributed by atoms with E-state index in [1.807, 2.05) is 0 Å². The number of phenolic OH excluding ortho intramolecular Hbond substituents is 1. The molecule has 0 aliphatic carbocycles. The van der Waals surface area contributed by atoms with E-state index in [0.717, 1.165) is 5.56 Å². The number of amides is 1. The van der Waals surface area contributed by atoms with Crippen LogP contribution < -0.4 is 0 Å². The van der Waals surface area contributed by atoms with Crippen molar-refractivity contribution in [2.45, 2.75) is 19.1 Å². The first kappa shape index (κ1) is 11.8. The molecule has 1 aromatic carbocycles. The number of halogens is 3. The lowest BCUT2D eigenvalue weighted by atomic mass is 9.99. The SMILES string of the molecule is O=C(N1CCc2cccc(O)c2C1)C(F)(F)F. The highest BCUT2D eigenvalue weighted by Gasteiger charge is 2.43. The van der Waals surface area contributed by atoms with Crippen molar-refractivity contribution >= 4 is 5.91 Å². The highest BCUT2D eigenvalue weighted by Crippen LogP contribution is 2.29. The minimum atomic E-state index is -4.86. The van der Waals surface area contributed by atoms with Crippen molar-refractivity contribution in [2.75, 3.05) is 6.54 Å². The second-order valence-corrected chi connectivity index (χ2v) is 3.89. The number of benzene rings is 1. The summed E-state index contributed by atoms with van der Waals surface area (Å²) < 4.78 is 36.8. The molecule has 1 aliphatic rings. The van der Waals surface area contributed by atoms with Crippen molar-refractivity contribution in [3.63, 3.8) is 0 Å². The Morgan fingerprint density at radius 1 is 1.35 bits per heavy atom. The first-order valence-corrected chi connectivity index (χ1v) is 5.05. The molecule has 0 bridgehead atoms. The number of hydrogen-bond donors (Lipinski definition) is 1. The summed E-state index contributed by atoms with van der Waals surface area (Å²) in [6.07, 6.45) is -4.53. The zero-order chi connectivity index (χ0) is 12.6. The summed E-state index contributed by atoms with van der Waals surface area (Å²) in [5, 5.41) is 9.54. The first-order chi connectivity index (χ1) is 7.89. The van der Waals surface area contributed by atoms with E-state index in [4.69, 9.17) is 0 Å². The molecule has 1 N–H and O–H groups in total. The van der Waals surface area contributed by atoms with Crippen LogP contribution in [0.25, 0.3) is 0 Å². The Kier molecular flexibility index (Phi) is 2.73. The van der Waals surface area contributed by atoms with Crippen LogP contribution in [0.5, 0.6) is 5.75 Å².